The summed E-state index contributed by atoms with van der Waals surface area (Å²) in [6, 6.07) is 18.0. The third-order valence-electron chi connectivity index (χ3n) is 3.90. The van der Waals surface area contributed by atoms with Gasteiger partial charge < -0.3 is 10.1 Å². The van der Waals surface area contributed by atoms with Gasteiger partial charge in [-0.15, -0.1) is 0 Å². The predicted molar refractivity (Wildman–Crippen MR) is 82.6 cm³/mol. The quantitative estimate of drug-likeness (QED) is 0.728. The molecule has 0 saturated heterocycles. The SMILES string of the molecule is CCCC(O)(c1ccccc1)c1cccc2[nH]ccc12. The maximum atomic E-state index is 11.4. The molecule has 2 N–H and O–H groups in total. The van der Waals surface area contributed by atoms with Crippen molar-refractivity contribution in [3.63, 3.8) is 0 Å². The fourth-order valence-corrected chi connectivity index (χ4v) is 2.96. The van der Waals surface area contributed by atoms with E-state index in [0.717, 1.165) is 28.5 Å². The molecule has 1 unspecified atom stereocenters. The van der Waals surface area contributed by atoms with E-state index in [1.165, 1.54) is 0 Å². The van der Waals surface area contributed by atoms with Crippen LogP contribution >= 0.6 is 0 Å². The number of benzene rings is 2. The van der Waals surface area contributed by atoms with Gasteiger partial charge in [0.05, 0.1) is 0 Å². The first-order valence-corrected chi connectivity index (χ1v) is 7.10. The standard InChI is InChI=1S/C18H19NO/c1-2-12-18(20,14-7-4-3-5-8-14)16-9-6-10-17-15(16)11-13-19-17/h3-11,13,19-20H,2,12H2,1H3. The Morgan fingerprint density at radius 2 is 1.80 bits per heavy atom. The Morgan fingerprint density at radius 3 is 2.55 bits per heavy atom. The molecule has 0 amide bonds. The molecule has 2 heteroatoms. The molecule has 2 aromatic carbocycles. The summed E-state index contributed by atoms with van der Waals surface area (Å²) >= 11 is 0. The van der Waals surface area contributed by atoms with Gasteiger partial charge in [0, 0.05) is 17.1 Å². The molecule has 0 bridgehead atoms. The van der Waals surface area contributed by atoms with Crippen LogP contribution < -0.4 is 0 Å². The number of aliphatic hydroxyl groups is 1. The van der Waals surface area contributed by atoms with E-state index >= 15 is 0 Å². The summed E-state index contributed by atoms with van der Waals surface area (Å²) in [5, 5.41) is 12.4. The molecular formula is C18H19NO. The Morgan fingerprint density at radius 1 is 1.00 bits per heavy atom. The van der Waals surface area contributed by atoms with Gasteiger partial charge in [-0.2, -0.15) is 0 Å². The largest absolute Gasteiger partial charge is 0.380 e. The summed E-state index contributed by atoms with van der Waals surface area (Å²) in [6.45, 7) is 2.10. The van der Waals surface area contributed by atoms with Gasteiger partial charge in [0.2, 0.25) is 0 Å². The van der Waals surface area contributed by atoms with E-state index in [1.807, 2.05) is 60.8 Å². The number of aromatic nitrogens is 1. The summed E-state index contributed by atoms with van der Waals surface area (Å²) in [4.78, 5) is 3.21. The number of hydrogen-bond donors (Lipinski definition) is 2. The average molecular weight is 265 g/mol. The average Bonchev–Trinajstić information content (AvgIpc) is 2.96. The summed E-state index contributed by atoms with van der Waals surface area (Å²) in [6.07, 6.45) is 3.55. The second-order valence-electron chi connectivity index (χ2n) is 5.22. The molecule has 102 valence electrons. The van der Waals surface area contributed by atoms with E-state index in [2.05, 4.69) is 11.9 Å². The van der Waals surface area contributed by atoms with Gasteiger partial charge >= 0.3 is 0 Å². The molecule has 0 radical (unpaired) electrons. The zero-order valence-corrected chi connectivity index (χ0v) is 11.6. The Labute approximate surface area is 119 Å². The maximum Gasteiger partial charge on any atom is 0.115 e. The molecule has 0 saturated carbocycles. The summed E-state index contributed by atoms with van der Waals surface area (Å²) in [5.41, 5.74) is 2.06. The highest BCUT2D eigenvalue weighted by Gasteiger charge is 2.31. The van der Waals surface area contributed by atoms with Crippen LogP contribution in [0.1, 0.15) is 30.9 Å². The lowest BCUT2D eigenvalue weighted by Gasteiger charge is -2.30. The van der Waals surface area contributed by atoms with Crippen LogP contribution in [0.25, 0.3) is 10.9 Å². The predicted octanol–water partition coefficient (Wildman–Crippen LogP) is 4.20. The monoisotopic (exact) mass is 265 g/mol. The van der Waals surface area contributed by atoms with Gasteiger partial charge in [-0.3, -0.25) is 0 Å². The molecule has 0 aliphatic rings. The topological polar surface area (TPSA) is 36.0 Å². The molecule has 0 spiro atoms. The molecule has 1 aromatic heterocycles. The Hall–Kier alpha value is -2.06. The third-order valence-corrected chi connectivity index (χ3v) is 3.90. The molecule has 1 heterocycles. The molecular weight excluding hydrogens is 246 g/mol. The molecule has 0 fully saturated rings. The first-order valence-electron chi connectivity index (χ1n) is 7.10. The summed E-state index contributed by atoms with van der Waals surface area (Å²) in [5.74, 6) is 0. The van der Waals surface area contributed by atoms with Gasteiger partial charge in [-0.1, -0.05) is 55.8 Å². The summed E-state index contributed by atoms with van der Waals surface area (Å²) < 4.78 is 0. The minimum Gasteiger partial charge on any atom is -0.380 e. The van der Waals surface area contributed by atoms with Crippen LogP contribution in [0.4, 0.5) is 0 Å². The van der Waals surface area contributed by atoms with Crippen LogP contribution in [0.3, 0.4) is 0 Å². The molecule has 1 atom stereocenters. The van der Waals surface area contributed by atoms with E-state index in [0.29, 0.717) is 6.42 Å². The molecule has 2 nitrogen and oxygen atoms in total. The van der Waals surface area contributed by atoms with Gasteiger partial charge in [-0.25, -0.2) is 0 Å². The zero-order valence-electron chi connectivity index (χ0n) is 11.6. The molecule has 3 aromatic rings. The van der Waals surface area contributed by atoms with Crippen molar-refractivity contribution in [3.8, 4) is 0 Å². The van der Waals surface area contributed by atoms with Crippen LogP contribution in [0.2, 0.25) is 0 Å². The number of rotatable bonds is 4. The van der Waals surface area contributed by atoms with Crippen LogP contribution in [0.15, 0.2) is 60.8 Å². The van der Waals surface area contributed by atoms with E-state index in [9.17, 15) is 5.11 Å². The highest BCUT2D eigenvalue weighted by molar-refractivity contribution is 5.84. The zero-order chi connectivity index (χ0) is 14.0. The highest BCUT2D eigenvalue weighted by atomic mass is 16.3. The lowest BCUT2D eigenvalue weighted by atomic mass is 9.81. The van der Waals surface area contributed by atoms with Crippen LogP contribution in [-0.2, 0) is 5.60 Å². The van der Waals surface area contributed by atoms with E-state index in [4.69, 9.17) is 0 Å². The Balaban J connectivity index is 2.23. The molecule has 0 aliphatic carbocycles. The third kappa shape index (κ3) is 2.02. The number of H-pyrrole nitrogens is 1. The van der Waals surface area contributed by atoms with Gasteiger partial charge in [0.1, 0.15) is 5.60 Å². The minimum atomic E-state index is -0.933. The van der Waals surface area contributed by atoms with Crippen molar-refractivity contribution in [2.24, 2.45) is 0 Å². The van der Waals surface area contributed by atoms with E-state index < -0.39 is 5.60 Å². The van der Waals surface area contributed by atoms with Crippen LogP contribution in [0, 0.1) is 0 Å². The fourth-order valence-electron chi connectivity index (χ4n) is 2.96. The van der Waals surface area contributed by atoms with E-state index in [-0.39, 0.29) is 0 Å². The Kier molecular flexibility index (Phi) is 3.33. The maximum absolute atomic E-state index is 11.4. The van der Waals surface area contributed by atoms with Crippen molar-refractivity contribution < 1.29 is 5.11 Å². The normalized spacial score (nSPS) is 14.3. The van der Waals surface area contributed by atoms with Crippen molar-refractivity contribution in [2.75, 3.05) is 0 Å². The first kappa shape index (κ1) is 12.9. The van der Waals surface area contributed by atoms with Crippen LogP contribution in [-0.4, -0.2) is 10.1 Å². The van der Waals surface area contributed by atoms with E-state index in [1.54, 1.807) is 0 Å². The smallest absolute Gasteiger partial charge is 0.115 e. The highest BCUT2D eigenvalue weighted by Crippen LogP contribution is 2.37. The van der Waals surface area contributed by atoms with Gasteiger partial charge in [0.15, 0.2) is 0 Å². The molecule has 3 rings (SSSR count). The van der Waals surface area contributed by atoms with Crippen molar-refractivity contribution in [1.29, 1.82) is 0 Å². The van der Waals surface area contributed by atoms with Crippen molar-refractivity contribution >= 4 is 10.9 Å². The number of aromatic amines is 1. The van der Waals surface area contributed by atoms with Crippen molar-refractivity contribution in [3.05, 3.63) is 71.9 Å². The lowest BCUT2D eigenvalue weighted by Crippen LogP contribution is -2.27. The summed E-state index contributed by atoms with van der Waals surface area (Å²) in [7, 11) is 0. The minimum absolute atomic E-state index is 0.710. The number of nitrogens with one attached hydrogen (secondary N) is 1. The van der Waals surface area contributed by atoms with Crippen molar-refractivity contribution in [2.45, 2.75) is 25.4 Å². The second kappa shape index (κ2) is 5.14. The van der Waals surface area contributed by atoms with Crippen LogP contribution in [0.5, 0.6) is 0 Å². The second-order valence-corrected chi connectivity index (χ2v) is 5.22. The fraction of sp³-hybridized carbons (Fsp3) is 0.222. The number of hydrogen-bond acceptors (Lipinski definition) is 1. The van der Waals surface area contributed by atoms with Crippen molar-refractivity contribution in [1.82, 2.24) is 4.98 Å². The molecule has 20 heavy (non-hydrogen) atoms. The first-order chi connectivity index (χ1) is 9.75. The lowest BCUT2D eigenvalue weighted by molar-refractivity contribution is 0.0717. The van der Waals surface area contributed by atoms with Gasteiger partial charge in [0.25, 0.3) is 0 Å². The molecule has 0 aliphatic heterocycles. The Bertz CT molecular complexity index is 702. The number of fused-ring (bicyclic) bond motifs is 1. The van der Waals surface area contributed by atoms with Gasteiger partial charge in [-0.05, 0) is 29.7 Å².